The highest BCUT2D eigenvalue weighted by Gasteiger charge is 2.30. The summed E-state index contributed by atoms with van der Waals surface area (Å²) in [5, 5.41) is 3.63. The standard InChI is InChI=1S/C12H21N3/c1-12(2)5-3-10(7-12)14-6-4-11-8-13-9-15-11/h8-10,14H,3-7H2,1-2H3,(H,13,15). The van der Waals surface area contributed by atoms with Gasteiger partial charge in [-0.15, -0.1) is 0 Å². The van der Waals surface area contributed by atoms with E-state index in [4.69, 9.17) is 0 Å². The van der Waals surface area contributed by atoms with E-state index in [2.05, 4.69) is 29.1 Å². The number of imidazole rings is 1. The molecule has 0 saturated heterocycles. The Morgan fingerprint density at radius 1 is 1.60 bits per heavy atom. The van der Waals surface area contributed by atoms with Crippen molar-refractivity contribution in [1.82, 2.24) is 15.3 Å². The van der Waals surface area contributed by atoms with E-state index >= 15 is 0 Å². The average molecular weight is 207 g/mol. The molecule has 1 saturated carbocycles. The van der Waals surface area contributed by atoms with Crippen molar-refractivity contribution < 1.29 is 0 Å². The van der Waals surface area contributed by atoms with E-state index in [1.165, 1.54) is 25.0 Å². The van der Waals surface area contributed by atoms with Crippen LogP contribution in [0.25, 0.3) is 0 Å². The molecule has 1 aromatic rings. The van der Waals surface area contributed by atoms with E-state index in [9.17, 15) is 0 Å². The fourth-order valence-electron chi connectivity index (χ4n) is 2.44. The smallest absolute Gasteiger partial charge is 0.0921 e. The first kappa shape index (κ1) is 10.7. The van der Waals surface area contributed by atoms with Crippen LogP contribution >= 0.6 is 0 Å². The van der Waals surface area contributed by atoms with E-state index in [0.717, 1.165) is 19.0 Å². The molecule has 1 unspecified atom stereocenters. The van der Waals surface area contributed by atoms with Crippen molar-refractivity contribution in [2.45, 2.75) is 45.6 Å². The summed E-state index contributed by atoms with van der Waals surface area (Å²) in [6.45, 7) is 5.79. The minimum atomic E-state index is 0.547. The monoisotopic (exact) mass is 207 g/mol. The summed E-state index contributed by atoms with van der Waals surface area (Å²) in [5.41, 5.74) is 1.77. The first-order valence-corrected chi connectivity index (χ1v) is 5.86. The van der Waals surface area contributed by atoms with Crippen LogP contribution in [0.2, 0.25) is 0 Å². The fourth-order valence-corrected chi connectivity index (χ4v) is 2.44. The average Bonchev–Trinajstić information content (AvgIpc) is 2.76. The molecule has 1 atom stereocenters. The van der Waals surface area contributed by atoms with Crippen LogP contribution in [0.4, 0.5) is 0 Å². The molecule has 2 rings (SSSR count). The van der Waals surface area contributed by atoms with Gasteiger partial charge in [0.25, 0.3) is 0 Å². The highest BCUT2D eigenvalue weighted by atomic mass is 14.9. The van der Waals surface area contributed by atoms with Gasteiger partial charge in [0, 0.05) is 30.9 Å². The summed E-state index contributed by atoms with van der Waals surface area (Å²) in [7, 11) is 0. The lowest BCUT2D eigenvalue weighted by Gasteiger charge is -2.17. The van der Waals surface area contributed by atoms with Gasteiger partial charge in [-0.2, -0.15) is 0 Å². The largest absolute Gasteiger partial charge is 0.348 e. The molecule has 84 valence electrons. The van der Waals surface area contributed by atoms with Crippen LogP contribution < -0.4 is 5.32 Å². The van der Waals surface area contributed by atoms with E-state index in [1.807, 2.05) is 6.20 Å². The Morgan fingerprint density at radius 2 is 2.47 bits per heavy atom. The predicted octanol–water partition coefficient (Wildman–Crippen LogP) is 2.12. The molecular formula is C12H21N3. The maximum atomic E-state index is 4.01. The molecule has 0 aliphatic heterocycles. The van der Waals surface area contributed by atoms with Gasteiger partial charge in [0.1, 0.15) is 0 Å². The second-order valence-electron chi connectivity index (χ2n) is 5.38. The quantitative estimate of drug-likeness (QED) is 0.794. The van der Waals surface area contributed by atoms with Crippen LogP contribution in [0.3, 0.4) is 0 Å². The maximum Gasteiger partial charge on any atom is 0.0921 e. The number of hydrogen-bond donors (Lipinski definition) is 2. The van der Waals surface area contributed by atoms with Crippen LogP contribution in [0, 0.1) is 5.41 Å². The lowest BCUT2D eigenvalue weighted by molar-refractivity contribution is 0.365. The van der Waals surface area contributed by atoms with Gasteiger partial charge in [-0.3, -0.25) is 0 Å². The Balaban J connectivity index is 1.67. The number of nitrogens with one attached hydrogen (secondary N) is 2. The predicted molar refractivity (Wildman–Crippen MR) is 61.7 cm³/mol. The van der Waals surface area contributed by atoms with Crippen molar-refractivity contribution in [3.8, 4) is 0 Å². The highest BCUT2D eigenvalue weighted by molar-refractivity contribution is 4.95. The molecule has 0 radical (unpaired) electrons. The van der Waals surface area contributed by atoms with Gasteiger partial charge in [-0.1, -0.05) is 13.8 Å². The Morgan fingerprint density at radius 3 is 3.07 bits per heavy atom. The summed E-state index contributed by atoms with van der Waals surface area (Å²) in [6, 6.07) is 0.725. The number of hydrogen-bond acceptors (Lipinski definition) is 2. The second kappa shape index (κ2) is 4.35. The van der Waals surface area contributed by atoms with Gasteiger partial charge >= 0.3 is 0 Å². The number of H-pyrrole nitrogens is 1. The molecule has 0 bridgehead atoms. The lowest BCUT2D eigenvalue weighted by atomic mass is 9.92. The van der Waals surface area contributed by atoms with Crippen LogP contribution in [-0.4, -0.2) is 22.6 Å². The molecule has 0 aromatic carbocycles. The SMILES string of the molecule is CC1(C)CCC(NCCc2cnc[nH]2)C1. The van der Waals surface area contributed by atoms with Crippen LogP contribution in [-0.2, 0) is 6.42 Å². The topological polar surface area (TPSA) is 40.7 Å². The van der Waals surface area contributed by atoms with Gasteiger partial charge in [0.2, 0.25) is 0 Å². The van der Waals surface area contributed by atoms with Crippen molar-refractivity contribution >= 4 is 0 Å². The van der Waals surface area contributed by atoms with Gasteiger partial charge in [-0.25, -0.2) is 4.98 Å². The van der Waals surface area contributed by atoms with Crippen molar-refractivity contribution in [3.63, 3.8) is 0 Å². The zero-order valence-corrected chi connectivity index (χ0v) is 9.71. The Kier molecular flexibility index (Phi) is 3.10. The Labute approximate surface area is 91.7 Å². The molecule has 0 spiro atoms. The zero-order chi connectivity index (χ0) is 10.7. The zero-order valence-electron chi connectivity index (χ0n) is 9.71. The third kappa shape index (κ3) is 3.06. The Bertz CT molecular complexity index is 290. The molecular weight excluding hydrogens is 186 g/mol. The third-order valence-corrected chi connectivity index (χ3v) is 3.35. The third-order valence-electron chi connectivity index (χ3n) is 3.35. The number of aromatic nitrogens is 2. The van der Waals surface area contributed by atoms with Gasteiger partial charge < -0.3 is 10.3 Å². The first-order valence-electron chi connectivity index (χ1n) is 5.86. The van der Waals surface area contributed by atoms with Crippen molar-refractivity contribution in [3.05, 3.63) is 18.2 Å². The second-order valence-corrected chi connectivity index (χ2v) is 5.38. The molecule has 15 heavy (non-hydrogen) atoms. The summed E-state index contributed by atoms with van der Waals surface area (Å²) in [6.07, 6.45) is 8.70. The number of nitrogens with zero attached hydrogens (tertiary/aromatic N) is 1. The van der Waals surface area contributed by atoms with E-state index in [-0.39, 0.29) is 0 Å². The molecule has 1 heterocycles. The summed E-state index contributed by atoms with van der Waals surface area (Å²) >= 11 is 0. The molecule has 3 heteroatoms. The number of rotatable bonds is 4. The van der Waals surface area contributed by atoms with Crippen molar-refractivity contribution in [2.75, 3.05) is 6.54 Å². The minimum Gasteiger partial charge on any atom is -0.348 e. The van der Waals surface area contributed by atoms with Gasteiger partial charge in [-0.05, 0) is 24.7 Å². The molecule has 2 N–H and O–H groups in total. The molecule has 0 amide bonds. The molecule has 1 aliphatic carbocycles. The Hall–Kier alpha value is -0.830. The van der Waals surface area contributed by atoms with Crippen LogP contribution in [0.5, 0.6) is 0 Å². The molecule has 1 aromatic heterocycles. The van der Waals surface area contributed by atoms with E-state index < -0.39 is 0 Å². The fraction of sp³-hybridized carbons (Fsp3) is 0.750. The lowest BCUT2D eigenvalue weighted by Crippen LogP contribution is -2.29. The van der Waals surface area contributed by atoms with Crippen LogP contribution in [0.1, 0.15) is 38.8 Å². The van der Waals surface area contributed by atoms with Crippen molar-refractivity contribution in [2.24, 2.45) is 5.41 Å². The summed E-state index contributed by atoms with van der Waals surface area (Å²) in [5.74, 6) is 0. The highest BCUT2D eigenvalue weighted by Crippen LogP contribution is 2.36. The molecule has 3 nitrogen and oxygen atoms in total. The number of aromatic amines is 1. The maximum absolute atomic E-state index is 4.01. The van der Waals surface area contributed by atoms with Crippen LogP contribution in [0.15, 0.2) is 12.5 Å². The summed E-state index contributed by atoms with van der Waals surface area (Å²) in [4.78, 5) is 7.14. The minimum absolute atomic E-state index is 0.547. The van der Waals surface area contributed by atoms with Gasteiger partial charge in [0.05, 0.1) is 6.33 Å². The molecule has 1 aliphatic rings. The first-order chi connectivity index (χ1) is 7.16. The molecule has 1 fully saturated rings. The van der Waals surface area contributed by atoms with Crippen molar-refractivity contribution in [1.29, 1.82) is 0 Å². The summed E-state index contributed by atoms with van der Waals surface area (Å²) < 4.78 is 0. The van der Waals surface area contributed by atoms with E-state index in [1.54, 1.807) is 6.33 Å². The van der Waals surface area contributed by atoms with Gasteiger partial charge in [0.15, 0.2) is 0 Å². The normalized spacial score (nSPS) is 24.5. The van der Waals surface area contributed by atoms with E-state index in [0.29, 0.717) is 5.41 Å².